The molecular weight excluding hydrogens is 282 g/mol. The Hall–Kier alpha value is -2.08. The van der Waals surface area contributed by atoms with Crippen LogP contribution in [0.2, 0.25) is 5.02 Å². The van der Waals surface area contributed by atoms with Gasteiger partial charge in [0.2, 0.25) is 23.5 Å². The molecule has 3 amide bonds. The molecule has 0 saturated carbocycles. The van der Waals surface area contributed by atoms with Crippen LogP contribution in [0.4, 0.5) is 0 Å². The zero-order valence-electron chi connectivity index (χ0n) is 11.4. The largest absolute Gasteiger partial charge is 0.313 e. The van der Waals surface area contributed by atoms with E-state index >= 15 is 0 Å². The number of carbonyl (C=O) groups excluding carboxylic acids is 3. The van der Waals surface area contributed by atoms with Gasteiger partial charge in [0.05, 0.1) is 0 Å². The maximum Gasteiger partial charge on any atom is 0.220 e. The summed E-state index contributed by atoms with van der Waals surface area (Å²) in [7, 11) is 0. The second kappa shape index (κ2) is 6.38. The van der Waals surface area contributed by atoms with Gasteiger partial charge in [0.1, 0.15) is 0 Å². The minimum atomic E-state index is -1.51. The highest BCUT2D eigenvalue weighted by Crippen LogP contribution is 2.18. The maximum absolute atomic E-state index is 11.4. The first-order chi connectivity index (χ1) is 9.25. The lowest BCUT2D eigenvalue weighted by Gasteiger charge is -2.35. The Morgan fingerprint density at radius 1 is 0.850 bits per heavy atom. The van der Waals surface area contributed by atoms with Gasteiger partial charge in [-0.05, 0) is 12.1 Å². The van der Waals surface area contributed by atoms with Gasteiger partial charge in [-0.3, -0.25) is 14.4 Å². The Balaban J connectivity index is 3.32. The number of hydrogen-bond donors (Lipinski definition) is 3. The van der Waals surface area contributed by atoms with Crippen molar-refractivity contribution in [1.29, 1.82) is 0 Å². The van der Waals surface area contributed by atoms with Crippen LogP contribution in [0.1, 0.15) is 26.3 Å². The fourth-order valence-electron chi connectivity index (χ4n) is 1.80. The van der Waals surface area contributed by atoms with Gasteiger partial charge in [-0.15, -0.1) is 0 Å². The predicted octanol–water partition coefficient (Wildman–Crippen LogP) is 0.859. The third-order valence-electron chi connectivity index (χ3n) is 2.37. The summed E-state index contributed by atoms with van der Waals surface area (Å²) in [4.78, 5) is 34.3. The molecule has 1 rings (SSSR count). The van der Waals surface area contributed by atoms with E-state index in [0.717, 1.165) is 0 Å². The van der Waals surface area contributed by atoms with E-state index in [2.05, 4.69) is 16.0 Å². The average Bonchev–Trinajstić information content (AvgIpc) is 2.26. The third kappa shape index (κ3) is 4.24. The first kappa shape index (κ1) is 16.0. The number of nitrogens with one attached hydrogen (secondary N) is 3. The van der Waals surface area contributed by atoms with E-state index in [1.807, 2.05) is 0 Å². The van der Waals surface area contributed by atoms with Gasteiger partial charge < -0.3 is 16.0 Å². The summed E-state index contributed by atoms with van der Waals surface area (Å²) >= 11 is 5.82. The molecule has 1 aromatic carbocycles. The van der Waals surface area contributed by atoms with Crippen LogP contribution in [0, 0.1) is 0 Å². The summed E-state index contributed by atoms with van der Waals surface area (Å²) in [6.07, 6.45) is 0. The molecule has 0 radical (unpaired) electrons. The molecule has 0 aliphatic rings. The number of benzene rings is 1. The van der Waals surface area contributed by atoms with Crippen molar-refractivity contribution in [3.05, 3.63) is 34.9 Å². The number of hydrogen-bond acceptors (Lipinski definition) is 3. The van der Waals surface area contributed by atoms with Crippen LogP contribution in [-0.4, -0.2) is 17.7 Å². The van der Waals surface area contributed by atoms with Gasteiger partial charge in [-0.1, -0.05) is 23.7 Å². The molecule has 1 aromatic rings. The van der Waals surface area contributed by atoms with Crippen LogP contribution in [0.15, 0.2) is 24.3 Å². The zero-order chi connectivity index (χ0) is 15.3. The molecule has 0 saturated heterocycles. The van der Waals surface area contributed by atoms with Gasteiger partial charge in [-0.2, -0.15) is 0 Å². The lowest BCUT2D eigenvalue weighted by atomic mass is 10.1. The van der Waals surface area contributed by atoms with E-state index in [1.165, 1.54) is 20.8 Å². The maximum atomic E-state index is 11.4. The Labute approximate surface area is 121 Å². The van der Waals surface area contributed by atoms with Gasteiger partial charge in [0.15, 0.2) is 0 Å². The summed E-state index contributed by atoms with van der Waals surface area (Å²) in [5.74, 6) is -2.75. The normalized spacial score (nSPS) is 10.6. The molecule has 108 valence electrons. The molecule has 0 unspecified atom stereocenters. The Morgan fingerprint density at radius 3 is 1.50 bits per heavy atom. The Morgan fingerprint density at radius 2 is 1.20 bits per heavy atom. The smallest absolute Gasteiger partial charge is 0.220 e. The van der Waals surface area contributed by atoms with Gasteiger partial charge in [0, 0.05) is 31.4 Å². The number of rotatable bonds is 4. The van der Waals surface area contributed by atoms with Crippen molar-refractivity contribution < 1.29 is 14.4 Å². The number of amides is 3. The fourth-order valence-corrected chi connectivity index (χ4v) is 1.93. The van der Waals surface area contributed by atoms with E-state index in [0.29, 0.717) is 10.6 Å². The van der Waals surface area contributed by atoms with Gasteiger partial charge >= 0.3 is 0 Å². The number of halogens is 1. The van der Waals surface area contributed by atoms with Crippen LogP contribution in [0.25, 0.3) is 0 Å². The molecule has 6 nitrogen and oxygen atoms in total. The van der Waals surface area contributed by atoms with Crippen molar-refractivity contribution in [2.75, 3.05) is 0 Å². The molecule has 0 atom stereocenters. The molecule has 0 heterocycles. The topological polar surface area (TPSA) is 87.3 Å². The minimum Gasteiger partial charge on any atom is -0.313 e. The van der Waals surface area contributed by atoms with Crippen LogP contribution >= 0.6 is 11.6 Å². The Kier molecular flexibility index (Phi) is 5.10. The molecule has 0 aromatic heterocycles. The highest BCUT2D eigenvalue weighted by atomic mass is 35.5. The van der Waals surface area contributed by atoms with Crippen LogP contribution in [0.3, 0.4) is 0 Å². The van der Waals surface area contributed by atoms with Crippen molar-refractivity contribution in [3.8, 4) is 0 Å². The second-order valence-corrected chi connectivity index (χ2v) is 4.74. The highest BCUT2D eigenvalue weighted by Gasteiger charge is 2.35. The summed E-state index contributed by atoms with van der Waals surface area (Å²) < 4.78 is 0. The Bertz CT molecular complexity index is 487. The summed E-state index contributed by atoms with van der Waals surface area (Å²) in [5, 5.41) is 8.13. The van der Waals surface area contributed by atoms with Crippen molar-refractivity contribution >= 4 is 29.3 Å². The van der Waals surface area contributed by atoms with Crippen LogP contribution in [0.5, 0.6) is 0 Å². The number of carbonyl (C=O) groups is 3. The molecule has 0 bridgehead atoms. The quantitative estimate of drug-likeness (QED) is 0.720. The van der Waals surface area contributed by atoms with Crippen molar-refractivity contribution in [2.45, 2.75) is 26.6 Å². The van der Waals surface area contributed by atoms with Crippen molar-refractivity contribution in [3.63, 3.8) is 0 Å². The summed E-state index contributed by atoms with van der Waals surface area (Å²) in [6, 6.07) is 6.39. The first-order valence-corrected chi connectivity index (χ1v) is 6.25. The zero-order valence-corrected chi connectivity index (χ0v) is 12.2. The van der Waals surface area contributed by atoms with Gasteiger partial charge in [-0.25, -0.2) is 0 Å². The average molecular weight is 298 g/mol. The van der Waals surface area contributed by atoms with Crippen molar-refractivity contribution in [2.24, 2.45) is 0 Å². The SMILES string of the molecule is CC(=O)NC(NC(C)=O)(NC(C)=O)c1ccc(Cl)cc1. The molecular formula is C13H16ClN3O3. The molecule has 20 heavy (non-hydrogen) atoms. The van der Waals surface area contributed by atoms with Crippen molar-refractivity contribution in [1.82, 2.24) is 16.0 Å². The molecule has 7 heteroatoms. The van der Waals surface area contributed by atoms with Gasteiger partial charge in [0.25, 0.3) is 0 Å². The van der Waals surface area contributed by atoms with E-state index in [1.54, 1.807) is 24.3 Å². The van der Waals surface area contributed by atoms with E-state index < -0.39 is 23.5 Å². The first-order valence-electron chi connectivity index (χ1n) is 5.87. The van der Waals surface area contributed by atoms with Crippen LogP contribution in [-0.2, 0) is 20.2 Å². The molecule has 0 fully saturated rings. The van der Waals surface area contributed by atoms with Crippen LogP contribution < -0.4 is 16.0 Å². The minimum absolute atomic E-state index is 0.414. The van der Waals surface area contributed by atoms with E-state index in [9.17, 15) is 14.4 Å². The highest BCUT2D eigenvalue weighted by molar-refractivity contribution is 6.30. The predicted molar refractivity (Wildman–Crippen MR) is 74.6 cm³/mol. The monoisotopic (exact) mass is 297 g/mol. The lowest BCUT2D eigenvalue weighted by Crippen LogP contribution is -2.66. The molecule has 0 aliphatic carbocycles. The summed E-state index contributed by atoms with van der Waals surface area (Å²) in [5.41, 5.74) is 0.475. The summed E-state index contributed by atoms with van der Waals surface area (Å²) in [6.45, 7) is 3.86. The third-order valence-corrected chi connectivity index (χ3v) is 2.62. The molecule has 0 aliphatic heterocycles. The fraction of sp³-hybridized carbons (Fsp3) is 0.308. The molecule has 3 N–H and O–H groups in total. The lowest BCUT2D eigenvalue weighted by molar-refractivity contribution is -0.129. The van der Waals surface area contributed by atoms with E-state index in [-0.39, 0.29) is 0 Å². The standard InChI is InChI=1S/C13H16ClN3O3/c1-8(18)15-13(16-9(2)19,17-10(3)20)11-4-6-12(14)7-5-11/h4-7H,1-3H3,(H,15,18)(H,16,19)(H,17,20). The molecule has 0 spiro atoms. The van der Waals surface area contributed by atoms with E-state index in [4.69, 9.17) is 11.6 Å². The second-order valence-electron chi connectivity index (χ2n) is 4.30.